The molecule has 128 valence electrons. The van der Waals surface area contributed by atoms with Crippen LogP contribution in [0.2, 0.25) is 0 Å². The van der Waals surface area contributed by atoms with E-state index in [0.29, 0.717) is 17.1 Å². The molecule has 1 aliphatic rings. The van der Waals surface area contributed by atoms with Crippen LogP contribution in [-0.4, -0.2) is 34.2 Å². The third-order valence-corrected chi connectivity index (χ3v) is 5.25. The van der Waals surface area contributed by atoms with Crippen molar-refractivity contribution in [1.29, 1.82) is 0 Å². The Morgan fingerprint density at radius 1 is 1.50 bits per heavy atom. The smallest absolute Gasteiger partial charge is 0.266 e. The number of carboxylic acid groups (broad SMARTS) is 1. The summed E-state index contributed by atoms with van der Waals surface area (Å²) in [4.78, 5) is 25.7. The van der Waals surface area contributed by atoms with E-state index in [1.165, 1.54) is 0 Å². The SMILES string of the molecule is CC[C@@H](C)[C@@H](C(=O)[O-])N1C(=O)/C(=C/c2cccc(OC)c2)SC1=S. The molecule has 0 unspecified atom stereocenters. The fourth-order valence-corrected chi connectivity index (χ4v) is 3.75. The maximum absolute atomic E-state index is 12.7. The van der Waals surface area contributed by atoms with Crippen LogP contribution >= 0.6 is 24.0 Å². The second kappa shape index (κ2) is 7.81. The summed E-state index contributed by atoms with van der Waals surface area (Å²) in [5, 5.41) is 11.5. The van der Waals surface area contributed by atoms with Gasteiger partial charge in [-0.2, -0.15) is 0 Å². The van der Waals surface area contributed by atoms with Gasteiger partial charge in [0.05, 0.1) is 24.0 Å². The van der Waals surface area contributed by atoms with Crippen LogP contribution in [0.15, 0.2) is 29.2 Å². The van der Waals surface area contributed by atoms with Crippen LogP contribution in [0.3, 0.4) is 0 Å². The highest BCUT2D eigenvalue weighted by molar-refractivity contribution is 8.26. The van der Waals surface area contributed by atoms with Crippen LogP contribution in [0.25, 0.3) is 6.08 Å². The summed E-state index contributed by atoms with van der Waals surface area (Å²) in [7, 11) is 1.56. The molecule has 5 nitrogen and oxygen atoms in total. The minimum atomic E-state index is -1.29. The van der Waals surface area contributed by atoms with E-state index in [0.717, 1.165) is 22.2 Å². The Kier molecular flexibility index (Phi) is 6.01. The minimum Gasteiger partial charge on any atom is -0.548 e. The van der Waals surface area contributed by atoms with Gasteiger partial charge in [-0.05, 0) is 29.7 Å². The summed E-state index contributed by atoms with van der Waals surface area (Å²) < 4.78 is 5.40. The maximum Gasteiger partial charge on any atom is 0.266 e. The number of nitrogens with zero attached hydrogens (tertiary/aromatic N) is 1. The molecule has 2 rings (SSSR count). The van der Waals surface area contributed by atoms with Crippen molar-refractivity contribution in [2.75, 3.05) is 7.11 Å². The van der Waals surface area contributed by atoms with Gasteiger partial charge in [-0.25, -0.2) is 0 Å². The fraction of sp³-hybridized carbons (Fsp3) is 0.353. The van der Waals surface area contributed by atoms with Gasteiger partial charge in [-0.1, -0.05) is 56.4 Å². The second-order valence-electron chi connectivity index (χ2n) is 5.48. The summed E-state index contributed by atoms with van der Waals surface area (Å²) in [6.07, 6.45) is 2.29. The number of carboxylic acids is 1. The molecule has 0 aromatic heterocycles. The van der Waals surface area contributed by atoms with Gasteiger partial charge in [-0.15, -0.1) is 0 Å². The van der Waals surface area contributed by atoms with Crippen LogP contribution in [0.1, 0.15) is 25.8 Å². The Morgan fingerprint density at radius 3 is 2.79 bits per heavy atom. The molecule has 0 N–H and O–H groups in total. The third kappa shape index (κ3) is 3.79. The van der Waals surface area contributed by atoms with Crippen LogP contribution in [0.4, 0.5) is 0 Å². The second-order valence-corrected chi connectivity index (χ2v) is 7.15. The zero-order chi connectivity index (χ0) is 17.9. The van der Waals surface area contributed by atoms with E-state index in [-0.39, 0.29) is 10.2 Å². The van der Waals surface area contributed by atoms with Crippen LogP contribution in [0, 0.1) is 5.92 Å². The van der Waals surface area contributed by atoms with E-state index in [9.17, 15) is 14.7 Å². The van der Waals surface area contributed by atoms with Crippen LogP contribution < -0.4 is 9.84 Å². The number of methoxy groups -OCH3 is 1. The Bertz CT molecular complexity index is 702. The van der Waals surface area contributed by atoms with Gasteiger partial charge in [0.1, 0.15) is 10.1 Å². The highest BCUT2D eigenvalue weighted by atomic mass is 32.2. The number of thiocarbonyl (C=S) groups is 1. The monoisotopic (exact) mass is 364 g/mol. The predicted molar refractivity (Wildman–Crippen MR) is 96.3 cm³/mol. The van der Waals surface area contributed by atoms with E-state index < -0.39 is 17.9 Å². The molecule has 1 fully saturated rings. The van der Waals surface area contributed by atoms with Crippen LogP contribution in [-0.2, 0) is 9.59 Å². The third-order valence-electron chi connectivity index (χ3n) is 3.92. The molecule has 2 atom stereocenters. The maximum atomic E-state index is 12.7. The number of amides is 1. The lowest BCUT2D eigenvalue weighted by Gasteiger charge is -2.32. The zero-order valence-corrected chi connectivity index (χ0v) is 15.3. The number of hydrogen-bond acceptors (Lipinski definition) is 6. The van der Waals surface area contributed by atoms with Gasteiger partial charge in [0.15, 0.2) is 0 Å². The van der Waals surface area contributed by atoms with Gasteiger partial charge < -0.3 is 14.6 Å². The van der Waals surface area contributed by atoms with Gasteiger partial charge in [0.25, 0.3) is 5.91 Å². The van der Waals surface area contributed by atoms with E-state index >= 15 is 0 Å². The first-order valence-corrected chi connectivity index (χ1v) is 8.73. The predicted octanol–water partition coefficient (Wildman–Crippen LogP) is 2.06. The Balaban J connectivity index is 2.33. The Morgan fingerprint density at radius 2 is 2.21 bits per heavy atom. The molecule has 0 aliphatic carbocycles. The highest BCUT2D eigenvalue weighted by Crippen LogP contribution is 2.36. The lowest BCUT2D eigenvalue weighted by atomic mass is 9.98. The Hall–Kier alpha value is -1.86. The number of benzene rings is 1. The number of rotatable bonds is 6. The van der Waals surface area contributed by atoms with E-state index in [1.54, 1.807) is 32.2 Å². The number of hydrogen-bond donors (Lipinski definition) is 0. The first-order chi connectivity index (χ1) is 11.4. The molecule has 1 aliphatic heterocycles. The molecule has 1 aromatic carbocycles. The van der Waals surface area contributed by atoms with Crippen molar-refractivity contribution in [3.63, 3.8) is 0 Å². The average Bonchev–Trinajstić information content (AvgIpc) is 2.82. The normalized spacial score (nSPS) is 18.8. The number of thioether (sulfide) groups is 1. The van der Waals surface area contributed by atoms with Gasteiger partial charge in [0, 0.05) is 0 Å². The summed E-state index contributed by atoms with van der Waals surface area (Å²) in [6.45, 7) is 3.63. The van der Waals surface area contributed by atoms with E-state index in [1.807, 2.05) is 19.1 Å². The van der Waals surface area contributed by atoms with Crippen molar-refractivity contribution in [3.05, 3.63) is 34.7 Å². The van der Waals surface area contributed by atoms with Gasteiger partial charge in [0.2, 0.25) is 0 Å². The van der Waals surface area contributed by atoms with E-state index in [2.05, 4.69) is 0 Å². The molecule has 7 heteroatoms. The molecule has 1 saturated heterocycles. The van der Waals surface area contributed by atoms with Crippen molar-refractivity contribution >= 4 is 46.3 Å². The molecular weight excluding hydrogens is 346 g/mol. The average molecular weight is 364 g/mol. The topological polar surface area (TPSA) is 69.7 Å². The molecule has 1 aromatic rings. The number of ether oxygens (including phenoxy) is 1. The molecule has 0 saturated carbocycles. The van der Waals surface area contributed by atoms with Crippen molar-refractivity contribution < 1.29 is 19.4 Å². The zero-order valence-electron chi connectivity index (χ0n) is 13.6. The molecule has 0 spiro atoms. The molecular formula is C17H18NO4S2-. The van der Waals surface area contributed by atoms with E-state index in [4.69, 9.17) is 17.0 Å². The van der Waals surface area contributed by atoms with Crippen molar-refractivity contribution in [2.45, 2.75) is 26.3 Å². The summed E-state index contributed by atoms with van der Waals surface area (Å²) in [5.41, 5.74) is 0.781. The standard InChI is InChI=1S/C17H19NO4S2/c1-4-10(2)14(16(20)21)18-15(19)13(24-17(18)23)9-11-6-5-7-12(8-11)22-3/h5-10,14H,4H2,1-3H3,(H,20,21)/p-1/b13-9-/t10-,14+/m1/s1. The first-order valence-electron chi connectivity index (χ1n) is 7.51. The van der Waals surface area contributed by atoms with Crippen molar-refractivity contribution in [3.8, 4) is 5.75 Å². The van der Waals surface area contributed by atoms with Gasteiger partial charge in [-0.3, -0.25) is 9.69 Å². The van der Waals surface area contributed by atoms with Gasteiger partial charge >= 0.3 is 0 Å². The Labute approximate surface area is 150 Å². The number of carbonyl (C=O) groups excluding carboxylic acids is 2. The fourth-order valence-electron chi connectivity index (χ4n) is 2.42. The van der Waals surface area contributed by atoms with Crippen molar-refractivity contribution in [2.24, 2.45) is 5.92 Å². The first kappa shape index (κ1) is 18.5. The lowest BCUT2D eigenvalue weighted by molar-refractivity contribution is -0.311. The van der Waals surface area contributed by atoms with Crippen molar-refractivity contribution in [1.82, 2.24) is 4.90 Å². The lowest BCUT2D eigenvalue weighted by Crippen LogP contribution is -2.53. The number of carbonyl (C=O) groups is 2. The molecule has 24 heavy (non-hydrogen) atoms. The summed E-state index contributed by atoms with van der Waals surface area (Å²) >= 11 is 6.33. The molecule has 1 amide bonds. The highest BCUT2D eigenvalue weighted by Gasteiger charge is 2.39. The summed E-state index contributed by atoms with van der Waals surface area (Å²) in [6, 6.07) is 6.18. The summed E-state index contributed by atoms with van der Waals surface area (Å²) in [5.74, 6) is -1.27. The molecule has 0 radical (unpaired) electrons. The quantitative estimate of drug-likeness (QED) is 0.568. The molecule has 0 bridgehead atoms. The molecule has 1 heterocycles. The largest absolute Gasteiger partial charge is 0.548 e. The van der Waals surface area contributed by atoms with Crippen LogP contribution in [0.5, 0.6) is 5.75 Å². The minimum absolute atomic E-state index is 0.239. The number of aliphatic carboxylic acids is 1.